The van der Waals surface area contributed by atoms with Gasteiger partial charge in [0.05, 0.1) is 12.7 Å². The number of anilines is 1. The van der Waals surface area contributed by atoms with Crippen LogP contribution in [-0.2, 0) is 0 Å². The summed E-state index contributed by atoms with van der Waals surface area (Å²) in [5, 5.41) is 2.71. The molecule has 0 unspecified atom stereocenters. The SMILES string of the molecule is COc1cc(Br)ccc1C(=O)Nc1cccc(C(N)=O)c1. The summed E-state index contributed by atoms with van der Waals surface area (Å²) in [7, 11) is 1.49. The minimum absolute atomic E-state index is 0.329. The Morgan fingerprint density at radius 3 is 2.62 bits per heavy atom. The Morgan fingerprint density at radius 1 is 1.19 bits per heavy atom. The third-order valence-electron chi connectivity index (χ3n) is 2.81. The zero-order chi connectivity index (χ0) is 15.4. The van der Waals surface area contributed by atoms with Gasteiger partial charge in [0.2, 0.25) is 5.91 Å². The summed E-state index contributed by atoms with van der Waals surface area (Å²) in [6.07, 6.45) is 0. The van der Waals surface area contributed by atoms with Gasteiger partial charge in [-0.3, -0.25) is 9.59 Å². The van der Waals surface area contributed by atoms with E-state index in [0.717, 1.165) is 4.47 Å². The van der Waals surface area contributed by atoms with Gasteiger partial charge in [0, 0.05) is 15.7 Å². The van der Waals surface area contributed by atoms with Gasteiger partial charge in [-0.2, -0.15) is 0 Å². The molecule has 2 amide bonds. The van der Waals surface area contributed by atoms with Crippen molar-refractivity contribution in [2.75, 3.05) is 12.4 Å². The molecule has 0 aliphatic heterocycles. The topological polar surface area (TPSA) is 81.4 Å². The number of carbonyl (C=O) groups excluding carboxylic acids is 2. The normalized spacial score (nSPS) is 10.0. The Labute approximate surface area is 130 Å². The molecule has 2 rings (SSSR count). The van der Waals surface area contributed by atoms with Crippen LogP contribution in [0.25, 0.3) is 0 Å². The molecule has 5 nitrogen and oxygen atoms in total. The van der Waals surface area contributed by atoms with Gasteiger partial charge in [0.15, 0.2) is 0 Å². The van der Waals surface area contributed by atoms with Crippen LogP contribution in [0.2, 0.25) is 0 Å². The number of nitrogens with one attached hydrogen (secondary N) is 1. The molecule has 21 heavy (non-hydrogen) atoms. The lowest BCUT2D eigenvalue weighted by Gasteiger charge is -2.10. The number of ether oxygens (including phenoxy) is 1. The molecule has 0 aliphatic rings. The van der Waals surface area contributed by atoms with Crippen molar-refractivity contribution in [2.45, 2.75) is 0 Å². The molecular formula is C15H13BrN2O3. The highest BCUT2D eigenvalue weighted by Gasteiger charge is 2.13. The van der Waals surface area contributed by atoms with Gasteiger partial charge in [0.1, 0.15) is 5.75 Å². The molecule has 0 fully saturated rings. The van der Waals surface area contributed by atoms with Crippen molar-refractivity contribution in [1.29, 1.82) is 0 Å². The fraction of sp³-hybridized carbons (Fsp3) is 0.0667. The average molecular weight is 349 g/mol. The van der Waals surface area contributed by atoms with E-state index in [4.69, 9.17) is 10.5 Å². The van der Waals surface area contributed by atoms with Gasteiger partial charge < -0.3 is 15.8 Å². The highest BCUT2D eigenvalue weighted by atomic mass is 79.9. The van der Waals surface area contributed by atoms with Crippen LogP contribution < -0.4 is 15.8 Å². The predicted molar refractivity (Wildman–Crippen MR) is 83.6 cm³/mol. The summed E-state index contributed by atoms with van der Waals surface area (Å²) in [4.78, 5) is 23.4. The van der Waals surface area contributed by atoms with Crippen molar-refractivity contribution in [1.82, 2.24) is 0 Å². The van der Waals surface area contributed by atoms with E-state index in [1.165, 1.54) is 13.2 Å². The molecule has 0 spiro atoms. The van der Waals surface area contributed by atoms with Gasteiger partial charge in [-0.1, -0.05) is 22.0 Å². The van der Waals surface area contributed by atoms with Crippen LogP contribution in [-0.4, -0.2) is 18.9 Å². The van der Waals surface area contributed by atoms with E-state index in [-0.39, 0.29) is 5.91 Å². The molecular weight excluding hydrogens is 336 g/mol. The molecule has 6 heteroatoms. The zero-order valence-electron chi connectivity index (χ0n) is 11.2. The number of nitrogens with two attached hydrogens (primary N) is 1. The lowest BCUT2D eigenvalue weighted by molar-refractivity contribution is 0.0995. The molecule has 0 bridgehead atoms. The van der Waals surface area contributed by atoms with E-state index in [1.807, 2.05) is 0 Å². The smallest absolute Gasteiger partial charge is 0.259 e. The molecule has 2 aromatic carbocycles. The first-order valence-corrected chi connectivity index (χ1v) is 6.85. The van der Waals surface area contributed by atoms with Crippen LogP contribution in [0.5, 0.6) is 5.75 Å². The van der Waals surface area contributed by atoms with Crippen LogP contribution in [0, 0.1) is 0 Å². The Hall–Kier alpha value is -2.34. The Bertz CT molecular complexity index is 701. The van der Waals surface area contributed by atoms with Crippen LogP contribution >= 0.6 is 15.9 Å². The number of benzene rings is 2. The zero-order valence-corrected chi connectivity index (χ0v) is 12.8. The lowest BCUT2D eigenvalue weighted by Crippen LogP contribution is -2.15. The maximum Gasteiger partial charge on any atom is 0.259 e. The molecule has 0 atom stereocenters. The van der Waals surface area contributed by atoms with Gasteiger partial charge in [-0.15, -0.1) is 0 Å². The number of halogens is 1. The Kier molecular flexibility index (Phi) is 4.59. The maximum atomic E-state index is 12.3. The first kappa shape index (κ1) is 15.1. The molecule has 0 heterocycles. The van der Waals surface area contributed by atoms with Crippen molar-refractivity contribution in [3.8, 4) is 5.75 Å². The molecule has 3 N–H and O–H groups in total. The van der Waals surface area contributed by atoms with E-state index in [0.29, 0.717) is 22.6 Å². The van der Waals surface area contributed by atoms with Crippen LogP contribution in [0.4, 0.5) is 5.69 Å². The second-order valence-electron chi connectivity index (χ2n) is 4.24. The Morgan fingerprint density at radius 2 is 1.95 bits per heavy atom. The van der Waals surface area contributed by atoms with Crippen LogP contribution in [0.3, 0.4) is 0 Å². The van der Waals surface area contributed by atoms with Crippen molar-refractivity contribution >= 4 is 33.4 Å². The minimum Gasteiger partial charge on any atom is -0.496 e. The van der Waals surface area contributed by atoms with Gasteiger partial charge in [-0.25, -0.2) is 0 Å². The number of hydrogen-bond donors (Lipinski definition) is 2. The maximum absolute atomic E-state index is 12.3. The van der Waals surface area contributed by atoms with Gasteiger partial charge in [-0.05, 0) is 36.4 Å². The van der Waals surface area contributed by atoms with Crippen molar-refractivity contribution in [3.63, 3.8) is 0 Å². The highest BCUT2D eigenvalue weighted by molar-refractivity contribution is 9.10. The lowest BCUT2D eigenvalue weighted by atomic mass is 10.1. The number of methoxy groups -OCH3 is 1. The third kappa shape index (κ3) is 3.61. The second kappa shape index (κ2) is 6.41. The van der Waals surface area contributed by atoms with Gasteiger partial charge in [0.25, 0.3) is 5.91 Å². The molecule has 0 radical (unpaired) electrons. The molecule has 108 valence electrons. The van der Waals surface area contributed by atoms with Crippen molar-refractivity contribution in [3.05, 3.63) is 58.1 Å². The van der Waals surface area contributed by atoms with E-state index in [1.54, 1.807) is 36.4 Å². The fourth-order valence-electron chi connectivity index (χ4n) is 1.80. The molecule has 0 aromatic heterocycles. The van der Waals surface area contributed by atoms with Gasteiger partial charge >= 0.3 is 0 Å². The molecule has 0 aliphatic carbocycles. The summed E-state index contributed by atoms with van der Waals surface area (Å²) in [5.41, 5.74) is 6.42. The predicted octanol–water partition coefficient (Wildman–Crippen LogP) is 2.81. The summed E-state index contributed by atoms with van der Waals surface area (Å²) in [5.74, 6) is -0.429. The van der Waals surface area contributed by atoms with E-state index < -0.39 is 5.91 Å². The summed E-state index contributed by atoms with van der Waals surface area (Å²) in [6.45, 7) is 0. The first-order chi connectivity index (χ1) is 10.0. The monoisotopic (exact) mass is 348 g/mol. The van der Waals surface area contributed by atoms with E-state index >= 15 is 0 Å². The fourth-order valence-corrected chi connectivity index (χ4v) is 2.14. The van der Waals surface area contributed by atoms with Crippen molar-refractivity contribution in [2.24, 2.45) is 5.73 Å². The van der Waals surface area contributed by atoms with Crippen LogP contribution in [0.15, 0.2) is 46.9 Å². The Balaban J connectivity index is 2.26. The molecule has 0 saturated heterocycles. The van der Waals surface area contributed by atoms with E-state index in [2.05, 4.69) is 21.2 Å². The summed E-state index contributed by atoms with van der Waals surface area (Å²) < 4.78 is 5.99. The quantitative estimate of drug-likeness (QED) is 0.891. The van der Waals surface area contributed by atoms with Crippen LogP contribution in [0.1, 0.15) is 20.7 Å². The molecule has 0 saturated carbocycles. The van der Waals surface area contributed by atoms with Crippen molar-refractivity contribution < 1.29 is 14.3 Å². The standard InChI is InChI=1S/C15H13BrN2O3/c1-21-13-8-10(16)5-6-12(13)15(20)18-11-4-2-3-9(7-11)14(17)19/h2-8H,1H3,(H2,17,19)(H,18,20). The largest absolute Gasteiger partial charge is 0.496 e. The summed E-state index contributed by atoms with van der Waals surface area (Å²) in [6, 6.07) is 11.5. The number of rotatable bonds is 4. The number of carbonyl (C=O) groups is 2. The highest BCUT2D eigenvalue weighted by Crippen LogP contribution is 2.24. The molecule has 2 aromatic rings. The third-order valence-corrected chi connectivity index (χ3v) is 3.31. The first-order valence-electron chi connectivity index (χ1n) is 6.06. The number of primary amides is 1. The number of hydrogen-bond acceptors (Lipinski definition) is 3. The second-order valence-corrected chi connectivity index (χ2v) is 5.16. The summed E-state index contributed by atoms with van der Waals surface area (Å²) >= 11 is 3.32. The van der Waals surface area contributed by atoms with E-state index in [9.17, 15) is 9.59 Å². The minimum atomic E-state index is -0.549. The average Bonchev–Trinajstić information content (AvgIpc) is 2.47. The number of amides is 2.